The Labute approximate surface area is 310 Å². The number of rotatable bonds is 6. The second-order valence-electron chi connectivity index (χ2n) is 13.5. The Bertz CT molecular complexity index is 2740. The van der Waals surface area contributed by atoms with Crippen molar-refractivity contribution in [3.63, 3.8) is 0 Å². The van der Waals surface area contributed by atoms with Gasteiger partial charge in [-0.05, 0) is 64.9 Å². The van der Waals surface area contributed by atoms with E-state index in [1.165, 1.54) is 16.7 Å². The molecule has 0 unspecified atom stereocenters. The minimum absolute atomic E-state index is 0. The maximum Gasteiger partial charge on any atom is 2.00 e. The van der Waals surface area contributed by atoms with Gasteiger partial charge in [-0.25, -0.2) is 4.98 Å². The van der Waals surface area contributed by atoms with E-state index in [9.17, 15) is 0 Å². The Kier molecular flexibility index (Phi) is 8.19. The van der Waals surface area contributed by atoms with E-state index in [-0.39, 0.29) is 21.1 Å². The van der Waals surface area contributed by atoms with Crippen LogP contribution in [-0.2, 0) is 21.1 Å². The average molecular weight is 846 g/mol. The molecule has 9 aromatic rings. The Balaban J connectivity index is 0.00000374. The maximum atomic E-state index is 6.54. The summed E-state index contributed by atoms with van der Waals surface area (Å²) in [6, 6.07) is 36.3. The first kappa shape index (κ1) is 32.8. The number of nitrogens with zero attached hydrogens (tertiary/aromatic N) is 6. The Morgan fingerprint density at radius 3 is 2.20 bits per heavy atom. The zero-order valence-corrected chi connectivity index (χ0v) is 31.1. The molecule has 4 aromatic carbocycles. The van der Waals surface area contributed by atoms with Gasteiger partial charge < -0.3 is 13.7 Å². The Morgan fingerprint density at radius 2 is 1.45 bits per heavy atom. The normalized spacial score (nSPS) is 11.8. The van der Waals surface area contributed by atoms with Gasteiger partial charge in [-0.1, -0.05) is 92.0 Å². The number of hydrogen-bond acceptors (Lipinski definition) is 5. The molecule has 0 spiro atoms. The first-order valence-corrected chi connectivity index (χ1v) is 17.0. The van der Waals surface area contributed by atoms with E-state index in [1.54, 1.807) is 6.20 Å². The van der Waals surface area contributed by atoms with Gasteiger partial charge in [-0.15, -0.1) is 34.8 Å². The van der Waals surface area contributed by atoms with Gasteiger partial charge in [0.25, 0.3) is 0 Å². The zero-order valence-electron chi connectivity index (χ0n) is 28.9. The first-order chi connectivity index (χ1) is 24.4. The molecule has 0 fully saturated rings. The number of aryl methyl sites for hydroxylation is 1. The van der Waals surface area contributed by atoms with Gasteiger partial charge in [-0.2, -0.15) is 11.2 Å². The quantitative estimate of drug-likeness (QED) is 0.123. The zero-order chi connectivity index (χ0) is 34.1. The summed E-state index contributed by atoms with van der Waals surface area (Å²) < 4.78 is 10.8. The topological polar surface area (TPSA) is 70.1 Å². The van der Waals surface area contributed by atoms with Crippen molar-refractivity contribution in [2.24, 2.45) is 0 Å². The van der Waals surface area contributed by atoms with Crippen LogP contribution in [0.2, 0.25) is 0 Å². The van der Waals surface area contributed by atoms with Crippen LogP contribution >= 0.6 is 0 Å². The molecule has 252 valence electrons. The molecular weight excluding hydrogens is 812 g/mol. The summed E-state index contributed by atoms with van der Waals surface area (Å²) >= 11 is 0. The monoisotopic (exact) mass is 845 g/mol. The van der Waals surface area contributed by atoms with Crippen LogP contribution in [0.5, 0.6) is 11.5 Å². The van der Waals surface area contributed by atoms with E-state index >= 15 is 0 Å². The van der Waals surface area contributed by atoms with Gasteiger partial charge in [0, 0.05) is 35.0 Å². The molecule has 0 N–H and O–H groups in total. The standard InChI is InChI=1S/C43H34N6O.Pt/c1-25(2)30-9-8-10-31(26(3)4)41(30)43-47-46-42-36-22-28(13-15-32(36)35-21-27(5)12-17-37(35)49(42)43)50-29-14-16-33-34-18-20-44-24-39(34)48(38(33)23-29)40-11-6-7-19-45-40;/h6-21,24-26H,1-5H3;/q-2;+2. The summed E-state index contributed by atoms with van der Waals surface area (Å²) in [6.07, 6.45) is 5.47. The molecular formula is C43H34N6OPt. The van der Waals surface area contributed by atoms with Crippen molar-refractivity contribution in [1.82, 2.24) is 29.1 Å². The van der Waals surface area contributed by atoms with Gasteiger partial charge in [0.15, 0.2) is 5.82 Å². The maximum absolute atomic E-state index is 6.54. The third kappa shape index (κ3) is 5.30. The third-order valence-corrected chi connectivity index (χ3v) is 9.64. The largest absolute Gasteiger partial charge is 2.00 e. The van der Waals surface area contributed by atoms with E-state index in [1.807, 2.05) is 48.8 Å². The molecule has 51 heavy (non-hydrogen) atoms. The fraction of sp³-hybridized carbons (Fsp3) is 0.163. The van der Waals surface area contributed by atoms with Gasteiger partial charge in [0.2, 0.25) is 0 Å². The van der Waals surface area contributed by atoms with E-state index in [0.717, 1.165) is 66.3 Å². The van der Waals surface area contributed by atoms with Crippen LogP contribution in [0, 0.1) is 19.1 Å². The van der Waals surface area contributed by atoms with Crippen molar-refractivity contribution < 1.29 is 25.8 Å². The van der Waals surface area contributed by atoms with Crippen LogP contribution in [0.25, 0.3) is 66.3 Å². The number of pyridine rings is 3. The predicted octanol–water partition coefficient (Wildman–Crippen LogP) is 10.5. The molecule has 0 atom stereocenters. The van der Waals surface area contributed by atoms with Crippen LogP contribution in [0.15, 0.2) is 104 Å². The van der Waals surface area contributed by atoms with Gasteiger partial charge >= 0.3 is 21.1 Å². The summed E-state index contributed by atoms with van der Waals surface area (Å²) in [4.78, 5) is 9.04. The number of benzene rings is 4. The smallest absolute Gasteiger partial charge is 0.503 e. The van der Waals surface area contributed by atoms with E-state index < -0.39 is 0 Å². The molecule has 0 saturated heterocycles. The number of ether oxygens (including phenoxy) is 1. The van der Waals surface area contributed by atoms with Crippen LogP contribution < -0.4 is 4.74 Å². The molecule has 0 saturated carbocycles. The second kappa shape index (κ2) is 12.7. The van der Waals surface area contributed by atoms with Crippen LogP contribution in [-0.4, -0.2) is 29.1 Å². The number of fused-ring (bicyclic) bond motifs is 9. The SMILES string of the molecule is Cc1ccc2c(c1)c1ccc(Oc3[c-]c4c(cc3)c3ccncc3n4-c3ccccn3)[c-]c1c1nnc(-c3c(C(C)C)cccc3C(C)C)n21.[Pt+2]. The van der Waals surface area contributed by atoms with Crippen molar-refractivity contribution >= 4 is 49.1 Å². The van der Waals surface area contributed by atoms with Crippen LogP contribution in [0.1, 0.15) is 56.2 Å². The molecule has 0 aliphatic heterocycles. The van der Waals surface area contributed by atoms with Crippen molar-refractivity contribution in [3.8, 4) is 28.7 Å². The minimum Gasteiger partial charge on any atom is -0.503 e. The van der Waals surface area contributed by atoms with Crippen molar-refractivity contribution in [1.29, 1.82) is 0 Å². The summed E-state index contributed by atoms with van der Waals surface area (Å²) in [5, 5.41) is 14.9. The second-order valence-corrected chi connectivity index (χ2v) is 13.5. The van der Waals surface area contributed by atoms with Crippen molar-refractivity contribution in [2.45, 2.75) is 46.5 Å². The fourth-order valence-electron chi connectivity index (χ4n) is 7.31. The third-order valence-electron chi connectivity index (χ3n) is 9.64. The number of hydrogen-bond donors (Lipinski definition) is 0. The van der Waals surface area contributed by atoms with Crippen LogP contribution in [0.3, 0.4) is 0 Å². The fourth-order valence-corrected chi connectivity index (χ4v) is 7.31. The summed E-state index contributed by atoms with van der Waals surface area (Å²) in [5.41, 5.74) is 8.48. The number of aromatic nitrogens is 6. The average Bonchev–Trinajstić information content (AvgIpc) is 3.71. The molecule has 8 heteroatoms. The minimum atomic E-state index is 0. The van der Waals surface area contributed by atoms with E-state index in [0.29, 0.717) is 23.3 Å². The Morgan fingerprint density at radius 1 is 0.686 bits per heavy atom. The van der Waals surface area contributed by atoms with Crippen LogP contribution in [0.4, 0.5) is 0 Å². The molecule has 7 nitrogen and oxygen atoms in total. The molecule has 5 aromatic heterocycles. The molecule has 9 rings (SSSR count). The molecule has 0 bridgehead atoms. The summed E-state index contributed by atoms with van der Waals surface area (Å²) in [7, 11) is 0. The van der Waals surface area contributed by atoms with E-state index in [4.69, 9.17) is 14.9 Å². The van der Waals surface area contributed by atoms with Crippen molar-refractivity contribution in [3.05, 3.63) is 132 Å². The molecule has 0 aliphatic rings. The first-order valence-electron chi connectivity index (χ1n) is 17.0. The van der Waals surface area contributed by atoms with Gasteiger partial charge in [-0.3, -0.25) is 4.98 Å². The summed E-state index contributed by atoms with van der Waals surface area (Å²) in [6.45, 7) is 11.1. The van der Waals surface area contributed by atoms with E-state index in [2.05, 4.69) is 114 Å². The van der Waals surface area contributed by atoms with Crippen molar-refractivity contribution in [2.75, 3.05) is 0 Å². The predicted molar refractivity (Wildman–Crippen MR) is 200 cm³/mol. The molecule has 0 amide bonds. The molecule has 5 heterocycles. The molecule has 0 radical (unpaired) electrons. The van der Waals surface area contributed by atoms with Gasteiger partial charge in [0.1, 0.15) is 5.82 Å². The Hall–Kier alpha value is -5.39. The van der Waals surface area contributed by atoms with Gasteiger partial charge in [0.05, 0.1) is 17.4 Å². The summed E-state index contributed by atoms with van der Waals surface area (Å²) in [5.74, 6) is 3.41. The molecule has 0 aliphatic carbocycles.